The number of aliphatic imine (C=N–C) groups is 1. The van der Waals surface area contributed by atoms with Gasteiger partial charge < -0.3 is 20.3 Å². The lowest BCUT2D eigenvalue weighted by Gasteiger charge is -2.35. The van der Waals surface area contributed by atoms with Crippen molar-refractivity contribution >= 4 is 35.6 Å². The first kappa shape index (κ1) is 25.8. The molecule has 2 aliphatic heterocycles. The van der Waals surface area contributed by atoms with E-state index in [1.54, 1.807) is 0 Å². The summed E-state index contributed by atoms with van der Waals surface area (Å²) in [4.78, 5) is 9.35. The van der Waals surface area contributed by atoms with E-state index in [9.17, 15) is 0 Å². The fraction of sp³-hybridized carbons (Fsp3) is 0.500. The molecule has 7 heteroatoms. The van der Waals surface area contributed by atoms with Crippen LogP contribution >= 0.6 is 24.0 Å². The van der Waals surface area contributed by atoms with Crippen LogP contribution in [0, 0.1) is 0 Å². The van der Waals surface area contributed by atoms with Crippen LogP contribution in [0.3, 0.4) is 0 Å². The third kappa shape index (κ3) is 7.58. The van der Waals surface area contributed by atoms with Crippen LogP contribution in [0.2, 0.25) is 0 Å². The number of hydrogen-bond donors (Lipinski definition) is 2. The predicted octanol–water partition coefficient (Wildman–Crippen LogP) is 3.86. The Bertz CT molecular complexity index is 866. The fourth-order valence-corrected chi connectivity index (χ4v) is 4.76. The molecule has 33 heavy (non-hydrogen) atoms. The molecule has 2 heterocycles. The van der Waals surface area contributed by atoms with E-state index in [2.05, 4.69) is 93.9 Å². The molecular weight excluding hydrogens is 525 g/mol. The van der Waals surface area contributed by atoms with Gasteiger partial charge in [-0.2, -0.15) is 0 Å². The lowest BCUT2D eigenvalue weighted by atomic mass is 10.1. The van der Waals surface area contributed by atoms with Crippen molar-refractivity contribution < 1.29 is 4.74 Å². The number of nitrogens with zero attached hydrogens (tertiary/aromatic N) is 3. The second-order valence-electron chi connectivity index (χ2n) is 9.11. The number of benzene rings is 2. The van der Waals surface area contributed by atoms with Crippen molar-refractivity contribution in [3.05, 3.63) is 65.7 Å². The highest BCUT2D eigenvalue weighted by Gasteiger charge is 2.23. The van der Waals surface area contributed by atoms with Gasteiger partial charge >= 0.3 is 0 Å². The topological polar surface area (TPSA) is 52.1 Å². The average Bonchev–Trinajstić information content (AvgIpc) is 3.26. The van der Waals surface area contributed by atoms with Crippen LogP contribution in [0.4, 0.5) is 5.69 Å². The average molecular weight is 564 g/mol. The second kappa shape index (κ2) is 12.6. The minimum absolute atomic E-state index is 0. The Balaban J connectivity index is 0.00000306. The zero-order valence-electron chi connectivity index (χ0n) is 20.0. The van der Waals surface area contributed by atoms with E-state index in [0.29, 0.717) is 18.2 Å². The SMILES string of the molecule is CN=C(NCc1ccc(CN2CC(C)OC(C)C2)cc1)NC1CCN(c2ccccc2)C1.I. The molecule has 4 rings (SSSR count). The van der Waals surface area contributed by atoms with Gasteiger partial charge in [0.15, 0.2) is 5.96 Å². The molecule has 180 valence electrons. The molecule has 0 aliphatic carbocycles. The van der Waals surface area contributed by atoms with Crippen molar-refractivity contribution in [1.29, 1.82) is 0 Å². The van der Waals surface area contributed by atoms with Crippen molar-refractivity contribution in [2.24, 2.45) is 4.99 Å². The molecule has 2 aromatic rings. The molecule has 0 bridgehead atoms. The molecule has 2 saturated heterocycles. The van der Waals surface area contributed by atoms with Gasteiger partial charge in [-0.05, 0) is 43.5 Å². The standard InChI is InChI=1S/C26H37N5O.HI/c1-20-16-30(17-21(2)32-20)18-23-11-9-22(10-12-23)15-28-26(27-3)29-24-13-14-31(19-24)25-7-5-4-6-8-25;/h4-12,20-21,24H,13-19H2,1-3H3,(H2,27,28,29);1H. The second-order valence-corrected chi connectivity index (χ2v) is 9.11. The van der Waals surface area contributed by atoms with Gasteiger partial charge in [0, 0.05) is 58.0 Å². The lowest BCUT2D eigenvalue weighted by Crippen LogP contribution is -2.44. The van der Waals surface area contributed by atoms with Gasteiger partial charge in [-0.1, -0.05) is 42.5 Å². The van der Waals surface area contributed by atoms with Crippen molar-refractivity contribution in [2.45, 2.75) is 51.6 Å². The first-order chi connectivity index (χ1) is 15.6. The maximum atomic E-state index is 5.84. The third-order valence-corrected chi connectivity index (χ3v) is 6.26. The molecule has 2 N–H and O–H groups in total. The number of nitrogens with one attached hydrogen (secondary N) is 2. The molecular formula is C26H38IN5O. The van der Waals surface area contributed by atoms with Crippen molar-refractivity contribution in [2.75, 3.05) is 38.1 Å². The molecule has 0 amide bonds. The number of rotatable bonds is 6. The van der Waals surface area contributed by atoms with E-state index in [1.165, 1.54) is 16.8 Å². The quantitative estimate of drug-likeness (QED) is 0.318. The highest BCUT2D eigenvalue weighted by Crippen LogP contribution is 2.19. The Labute approximate surface area is 215 Å². The third-order valence-electron chi connectivity index (χ3n) is 6.26. The molecule has 2 aliphatic rings. The zero-order valence-corrected chi connectivity index (χ0v) is 22.4. The van der Waals surface area contributed by atoms with Crippen LogP contribution < -0.4 is 15.5 Å². The van der Waals surface area contributed by atoms with Crippen LogP contribution in [0.25, 0.3) is 0 Å². The maximum Gasteiger partial charge on any atom is 0.191 e. The Kier molecular flexibility index (Phi) is 9.82. The number of ether oxygens (including phenoxy) is 1. The first-order valence-electron chi connectivity index (χ1n) is 11.8. The predicted molar refractivity (Wildman–Crippen MR) is 148 cm³/mol. The number of guanidine groups is 1. The molecule has 0 spiro atoms. The Morgan fingerprint density at radius 3 is 2.30 bits per heavy atom. The van der Waals surface area contributed by atoms with Gasteiger partial charge in [0.1, 0.15) is 0 Å². The summed E-state index contributed by atoms with van der Waals surface area (Å²) in [6.07, 6.45) is 1.73. The van der Waals surface area contributed by atoms with Crippen LogP contribution in [0.1, 0.15) is 31.4 Å². The van der Waals surface area contributed by atoms with Gasteiger partial charge in [0.25, 0.3) is 0 Å². The van der Waals surface area contributed by atoms with Gasteiger partial charge in [0.2, 0.25) is 0 Å². The van der Waals surface area contributed by atoms with E-state index in [0.717, 1.165) is 51.6 Å². The van der Waals surface area contributed by atoms with Crippen molar-refractivity contribution in [1.82, 2.24) is 15.5 Å². The van der Waals surface area contributed by atoms with E-state index in [1.807, 2.05) is 7.05 Å². The highest BCUT2D eigenvalue weighted by molar-refractivity contribution is 14.0. The highest BCUT2D eigenvalue weighted by atomic mass is 127. The van der Waals surface area contributed by atoms with Crippen LogP contribution in [-0.2, 0) is 17.8 Å². The maximum absolute atomic E-state index is 5.84. The molecule has 0 saturated carbocycles. The summed E-state index contributed by atoms with van der Waals surface area (Å²) in [7, 11) is 1.84. The zero-order chi connectivity index (χ0) is 22.3. The van der Waals surface area contributed by atoms with Gasteiger partial charge in [-0.15, -0.1) is 24.0 Å². The fourth-order valence-electron chi connectivity index (χ4n) is 4.76. The molecule has 2 aromatic carbocycles. The summed E-state index contributed by atoms with van der Waals surface area (Å²) in [5.41, 5.74) is 3.91. The van der Waals surface area contributed by atoms with E-state index >= 15 is 0 Å². The number of para-hydroxylation sites is 1. The molecule has 2 fully saturated rings. The summed E-state index contributed by atoms with van der Waals surface area (Å²) >= 11 is 0. The first-order valence-corrected chi connectivity index (χ1v) is 11.8. The summed E-state index contributed by atoms with van der Waals surface area (Å²) in [6, 6.07) is 20.0. The number of hydrogen-bond acceptors (Lipinski definition) is 4. The monoisotopic (exact) mass is 563 g/mol. The van der Waals surface area contributed by atoms with Gasteiger partial charge in [0.05, 0.1) is 12.2 Å². The minimum Gasteiger partial charge on any atom is -0.373 e. The Morgan fingerprint density at radius 1 is 0.970 bits per heavy atom. The number of halogens is 1. The van der Waals surface area contributed by atoms with E-state index in [-0.39, 0.29) is 24.0 Å². The number of morpholine rings is 1. The summed E-state index contributed by atoms with van der Waals surface area (Å²) in [6.45, 7) is 10.1. The van der Waals surface area contributed by atoms with Crippen LogP contribution in [-0.4, -0.2) is 62.3 Å². The summed E-state index contributed by atoms with van der Waals surface area (Å²) in [5, 5.41) is 7.06. The minimum atomic E-state index is 0. The summed E-state index contributed by atoms with van der Waals surface area (Å²) < 4.78 is 5.84. The van der Waals surface area contributed by atoms with Crippen LogP contribution in [0.15, 0.2) is 59.6 Å². The Morgan fingerprint density at radius 2 is 1.64 bits per heavy atom. The Hall–Kier alpha value is -1.84. The molecule has 0 radical (unpaired) electrons. The van der Waals surface area contributed by atoms with Crippen molar-refractivity contribution in [3.63, 3.8) is 0 Å². The molecule has 6 nitrogen and oxygen atoms in total. The van der Waals surface area contributed by atoms with E-state index < -0.39 is 0 Å². The molecule has 3 atom stereocenters. The molecule has 0 aromatic heterocycles. The largest absolute Gasteiger partial charge is 0.373 e. The smallest absolute Gasteiger partial charge is 0.191 e. The van der Waals surface area contributed by atoms with Gasteiger partial charge in [-0.25, -0.2) is 0 Å². The summed E-state index contributed by atoms with van der Waals surface area (Å²) in [5.74, 6) is 0.866. The number of anilines is 1. The molecule has 3 unspecified atom stereocenters. The normalized spacial score (nSPS) is 23.8. The lowest BCUT2D eigenvalue weighted by molar-refractivity contribution is -0.0704. The van der Waals surface area contributed by atoms with Gasteiger partial charge in [-0.3, -0.25) is 9.89 Å². The van der Waals surface area contributed by atoms with E-state index in [4.69, 9.17) is 4.74 Å². The van der Waals surface area contributed by atoms with Crippen LogP contribution in [0.5, 0.6) is 0 Å². The van der Waals surface area contributed by atoms with Crippen molar-refractivity contribution in [3.8, 4) is 0 Å².